The van der Waals surface area contributed by atoms with Crippen LogP contribution < -0.4 is 15.4 Å². The highest BCUT2D eigenvalue weighted by molar-refractivity contribution is 5.80. The maximum Gasteiger partial charge on any atom is 0.191 e. The third kappa shape index (κ3) is 4.63. The van der Waals surface area contributed by atoms with Gasteiger partial charge in [-0.15, -0.1) is 0 Å². The summed E-state index contributed by atoms with van der Waals surface area (Å²) in [7, 11) is 3.74. The molecule has 28 heavy (non-hydrogen) atoms. The first-order valence-corrected chi connectivity index (χ1v) is 9.68. The van der Waals surface area contributed by atoms with Gasteiger partial charge in [0.25, 0.3) is 0 Å². The molecule has 0 unspecified atom stereocenters. The molecule has 2 aromatic carbocycles. The average Bonchev–Trinajstić information content (AvgIpc) is 3.03. The number of hydrogen-bond acceptors (Lipinski definition) is 3. The molecule has 0 saturated carbocycles. The van der Waals surface area contributed by atoms with E-state index < -0.39 is 0 Å². The first kappa shape index (κ1) is 19.7. The van der Waals surface area contributed by atoms with Crippen molar-refractivity contribution in [1.82, 2.24) is 20.2 Å². The second-order valence-electron chi connectivity index (χ2n) is 6.75. The maximum absolute atomic E-state index is 5.41. The Bertz CT molecular complexity index is 961. The van der Waals surface area contributed by atoms with E-state index in [4.69, 9.17) is 9.73 Å². The van der Waals surface area contributed by atoms with Gasteiger partial charge < -0.3 is 19.9 Å². The molecule has 6 nitrogen and oxygen atoms in total. The zero-order valence-electron chi connectivity index (χ0n) is 17.1. The summed E-state index contributed by atoms with van der Waals surface area (Å²) in [5.74, 6) is 2.68. The largest absolute Gasteiger partial charge is 0.496 e. The van der Waals surface area contributed by atoms with Gasteiger partial charge in [0.05, 0.1) is 18.1 Å². The van der Waals surface area contributed by atoms with Crippen LogP contribution in [0.25, 0.3) is 11.0 Å². The van der Waals surface area contributed by atoms with Gasteiger partial charge in [-0.25, -0.2) is 9.98 Å². The third-order valence-electron chi connectivity index (χ3n) is 4.78. The van der Waals surface area contributed by atoms with E-state index in [2.05, 4.69) is 58.3 Å². The van der Waals surface area contributed by atoms with Gasteiger partial charge in [0.2, 0.25) is 0 Å². The van der Waals surface area contributed by atoms with Gasteiger partial charge in [-0.1, -0.05) is 24.3 Å². The van der Waals surface area contributed by atoms with Crippen LogP contribution in [0.5, 0.6) is 5.75 Å². The van der Waals surface area contributed by atoms with Crippen LogP contribution in [-0.4, -0.2) is 35.7 Å². The van der Waals surface area contributed by atoms with E-state index >= 15 is 0 Å². The Balaban J connectivity index is 1.63. The van der Waals surface area contributed by atoms with Crippen LogP contribution in [0.4, 0.5) is 0 Å². The molecular formula is C22H29N5O. The predicted molar refractivity (Wildman–Crippen MR) is 115 cm³/mol. The van der Waals surface area contributed by atoms with Crippen molar-refractivity contribution >= 4 is 17.0 Å². The minimum absolute atomic E-state index is 0.527. The lowest BCUT2D eigenvalue weighted by atomic mass is 10.1. The number of ether oxygens (including phenoxy) is 1. The summed E-state index contributed by atoms with van der Waals surface area (Å²) in [4.78, 5) is 9.39. The minimum atomic E-state index is 0.527. The maximum atomic E-state index is 5.41. The molecule has 6 heteroatoms. The average molecular weight is 380 g/mol. The lowest BCUT2D eigenvalue weighted by molar-refractivity contribution is 0.411. The van der Waals surface area contributed by atoms with Crippen molar-refractivity contribution in [2.75, 3.05) is 20.2 Å². The summed E-state index contributed by atoms with van der Waals surface area (Å²) >= 11 is 0. The molecule has 3 aromatic rings. The van der Waals surface area contributed by atoms with Gasteiger partial charge in [-0.2, -0.15) is 0 Å². The topological polar surface area (TPSA) is 63.5 Å². The second-order valence-corrected chi connectivity index (χ2v) is 6.75. The van der Waals surface area contributed by atoms with E-state index in [0.29, 0.717) is 6.54 Å². The van der Waals surface area contributed by atoms with Gasteiger partial charge >= 0.3 is 0 Å². The third-order valence-corrected chi connectivity index (χ3v) is 4.78. The van der Waals surface area contributed by atoms with Gasteiger partial charge in [0, 0.05) is 20.1 Å². The highest BCUT2D eigenvalue weighted by Gasteiger charge is 2.07. The predicted octanol–water partition coefficient (Wildman–Crippen LogP) is 3.19. The zero-order valence-corrected chi connectivity index (χ0v) is 17.1. The van der Waals surface area contributed by atoms with Gasteiger partial charge in [0.15, 0.2) is 5.96 Å². The number of aromatic nitrogens is 2. The molecule has 2 N–H and O–H groups in total. The van der Waals surface area contributed by atoms with E-state index in [1.807, 2.05) is 25.2 Å². The number of aryl methyl sites for hydroxylation is 2. The first-order valence-electron chi connectivity index (χ1n) is 9.68. The molecule has 0 radical (unpaired) electrons. The summed E-state index contributed by atoms with van der Waals surface area (Å²) in [6, 6.07) is 14.5. The quantitative estimate of drug-likeness (QED) is 0.489. The fourth-order valence-corrected chi connectivity index (χ4v) is 3.17. The molecule has 1 aromatic heterocycles. The number of para-hydroxylation sites is 2. The molecule has 0 saturated heterocycles. The number of nitrogens with one attached hydrogen (secondary N) is 2. The number of methoxy groups -OCH3 is 1. The van der Waals surface area contributed by atoms with Crippen LogP contribution in [0.1, 0.15) is 23.9 Å². The highest BCUT2D eigenvalue weighted by Crippen LogP contribution is 2.19. The van der Waals surface area contributed by atoms with E-state index in [-0.39, 0.29) is 0 Å². The van der Waals surface area contributed by atoms with Crippen molar-refractivity contribution in [3.8, 4) is 5.75 Å². The summed E-state index contributed by atoms with van der Waals surface area (Å²) in [6.07, 6.45) is 0.896. The minimum Gasteiger partial charge on any atom is -0.496 e. The normalized spacial score (nSPS) is 11.6. The first-order chi connectivity index (χ1) is 13.6. The van der Waals surface area contributed by atoms with Crippen LogP contribution in [0.2, 0.25) is 0 Å². The Labute approximate surface area is 166 Å². The Morgan fingerprint density at radius 1 is 1.18 bits per heavy atom. The molecule has 0 aliphatic heterocycles. The zero-order chi connectivity index (χ0) is 19.9. The van der Waals surface area contributed by atoms with Crippen LogP contribution in [0.3, 0.4) is 0 Å². The number of imidazole rings is 1. The van der Waals surface area contributed by atoms with Gasteiger partial charge in [0.1, 0.15) is 18.1 Å². The summed E-state index contributed by atoms with van der Waals surface area (Å²) in [5, 5.41) is 6.71. The standard InChI is InChI=1S/C22H29N5O/c1-5-23-22(24-13-12-17-11-10-16(2)20(14-17)28-4)25-15-21-26-18-8-6-7-9-19(18)27(21)3/h6-11,14H,5,12-13,15H2,1-4H3,(H2,23,24,25). The van der Waals surface area contributed by atoms with Crippen molar-refractivity contribution in [2.24, 2.45) is 12.0 Å². The summed E-state index contributed by atoms with van der Waals surface area (Å²) in [5.41, 5.74) is 4.51. The van der Waals surface area contributed by atoms with Crippen LogP contribution >= 0.6 is 0 Å². The van der Waals surface area contributed by atoms with E-state index in [1.165, 1.54) is 5.56 Å². The molecule has 0 bridgehead atoms. The molecule has 148 valence electrons. The molecule has 0 amide bonds. The SMILES string of the molecule is CCNC(=NCc1nc2ccccc2n1C)NCCc1ccc(C)c(OC)c1. The molecule has 0 atom stereocenters. The number of rotatable bonds is 7. The number of guanidine groups is 1. The summed E-state index contributed by atoms with van der Waals surface area (Å²) < 4.78 is 7.51. The summed E-state index contributed by atoms with van der Waals surface area (Å²) in [6.45, 7) is 6.25. The molecular weight excluding hydrogens is 350 g/mol. The monoisotopic (exact) mass is 379 g/mol. The lowest BCUT2D eigenvalue weighted by Gasteiger charge is -2.12. The second kappa shape index (κ2) is 9.26. The van der Waals surface area contributed by atoms with Crippen molar-refractivity contribution in [3.63, 3.8) is 0 Å². The number of fused-ring (bicyclic) bond motifs is 1. The van der Waals surface area contributed by atoms with E-state index in [0.717, 1.165) is 53.6 Å². The fourth-order valence-electron chi connectivity index (χ4n) is 3.17. The van der Waals surface area contributed by atoms with Gasteiger partial charge in [-0.3, -0.25) is 0 Å². The van der Waals surface area contributed by atoms with Crippen molar-refractivity contribution in [3.05, 3.63) is 59.4 Å². The van der Waals surface area contributed by atoms with E-state index in [9.17, 15) is 0 Å². The lowest BCUT2D eigenvalue weighted by Crippen LogP contribution is -2.38. The number of benzene rings is 2. The Morgan fingerprint density at radius 2 is 2.00 bits per heavy atom. The van der Waals surface area contributed by atoms with Crippen LogP contribution in [0, 0.1) is 6.92 Å². The fraction of sp³-hybridized carbons (Fsp3) is 0.364. The van der Waals surface area contributed by atoms with Crippen molar-refractivity contribution < 1.29 is 4.74 Å². The Hall–Kier alpha value is -3.02. The number of nitrogens with zero attached hydrogens (tertiary/aromatic N) is 3. The molecule has 0 aliphatic rings. The van der Waals surface area contributed by atoms with Crippen molar-refractivity contribution in [2.45, 2.75) is 26.8 Å². The number of aliphatic imine (C=N–C) groups is 1. The Morgan fingerprint density at radius 3 is 2.75 bits per heavy atom. The molecule has 1 heterocycles. The van der Waals surface area contributed by atoms with E-state index in [1.54, 1.807) is 7.11 Å². The molecule has 0 aliphatic carbocycles. The number of hydrogen-bond donors (Lipinski definition) is 2. The Kier molecular flexibility index (Phi) is 6.53. The van der Waals surface area contributed by atoms with Gasteiger partial charge in [-0.05, 0) is 49.6 Å². The smallest absolute Gasteiger partial charge is 0.191 e. The van der Waals surface area contributed by atoms with Crippen molar-refractivity contribution in [1.29, 1.82) is 0 Å². The van der Waals surface area contributed by atoms with Crippen LogP contribution in [-0.2, 0) is 20.0 Å². The van der Waals surface area contributed by atoms with Crippen LogP contribution in [0.15, 0.2) is 47.5 Å². The molecule has 0 spiro atoms. The molecule has 0 fully saturated rings. The highest BCUT2D eigenvalue weighted by atomic mass is 16.5. The molecule has 3 rings (SSSR count).